The molecule has 1 aliphatic heterocycles. The fourth-order valence-corrected chi connectivity index (χ4v) is 4.40. The van der Waals surface area contributed by atoms with Gasteiger partial charge in [-0.05, 0) is 57.7 Å². The predicted molar refractivity (Wildman–Crippen MR) is 93.6 cm³/mol. The number of thioether (sulfide) groups is 1. The van der Waals surface area contributed by atoms with Crippen LogP contribution in [-0.2, 0) is 0 Å². The molecule has 1 aromatic heterocycles. The maximum absolute atomic E-state index is 3.70. The molecular weight excluding hydrogens is 276 g/mol. The van der Waals surface area contributed by atoms with Crippen molar-refractivity contribution in [2.45, 2.75) is 57.5 Å². The lowest BCUT2D eigenvalue weighted by molar-refractivity contribution is 0.401. The number of H-pyrrole nitrogens is 1. The predicted octanol–water partition coefficient (Wildman–Crippen LogP) is 4.75. The second-order valence-electron chi connectivity index (χ2n) is 7.28. The fraction of sp³-hybridized carbons (Fsp3) is 0.556. The molecule has 0 bridgehead atoms. The van der Waals surface area contributed by atoms with Gasteiger partial charge in [-0.2, -0.15) is 0 Å². The zero-order valence-corrected chi connectivity index (χ0v) is 14.6. The number of rotatable bonds is 2. The van der Waals surface area contributed by atoms with E-state index in [1.54, 1.807) is 5.56 Å². The summed E-state index contributed by atoms with van der Waals surface area (Å²) >= 11 is 1.99. The largest absolute Gasteiger partial charge is 0.349 e. The molecule has 0 radical (unpaired) electrons. The fourth-order valence-electron chi connectivity index (χ4n) is 3.20. The summed E-state index contributed by atoms with van der Waals surface area (Å²) < 4.78 is 0. The van der Waals surface area contributed by atoms with E-state index >= 15 is 0 Å². The standard InChI is InChI=1S/C18H26N2S/c1-11-6-7-12(2)16-14(11)15-13(10-19-18(3,4)5)8-9-21-17(15)20-16/h6-7,13,19-20H,8-10H2,1-5H3. The molecule has 0 fully saturated rings. The first-order chi connectivity index (χ1) is 9.87. The van der Waals surface area contributed by atoms with Crippen molar-refractivity contribution in [1.82, 2.24) is 10.3 Å². The Hall–Kier alpha value is -0.930. The lowest BCUT2D eigenvalue weighted by Gasteiger charge is -2.28. The second kappa shape index (κ2) is 5.36. The van der Waals surface area contributed by atoms with Crippen molar-refractivity contribution >= 4 is 22.7 Å². The Labute approximate surface area is 132 Å². The molecule has 21 heavy (non-hydrogen) atoms. The molecule has 2 heterocycles. The van der Waals surface area contributed by atoms with Crippen LogP contribution in [0, 0.1) is 13.8 Å². The first-order valence-electron chi connectivity index (χ1n) is 7.86. The Morgan fingerprint density at radius 1 is 1.24 bits per heavy atom. The van der Waals surface area contributed by atoms with Crippen LogP contribution in [0.3, 0.4) is 0 Å². The van der Waals surface area contributed by atoms with Crippen LogP contribution in [0.1, 0.15) is 49.8 Å². The van der Waals surface area contributed by atoms with E-state index in [1.165, 1.54) is 39.2 Å². The molecule has 0 spiro atoms. The van der Waals surface area contributed by atoms with Gasteiger partial charge in [-0.1, -0.05) is 12.1 Å². The van der Waals surface area contributed by atoms with Crippen molar-refractivity contribution in [3.8, 4) is 0 Å². The zero-order valence-electron chi connectivity index (χ0n) is 13.8. The molecule has 2 nitrogen and oxygen atoms in total. The summed E-state index contributed by atoms with van der Waals surface area (Å²) in [5, 5.41) is 6.57. The number of hydrogen-bond acceptors (Lipinski definition) is 2. The molecule has 1 aliphatic rings. The summed E-state index contributed by atoms with van der Waals surface area (Å²) in [6.07, 6.45) is 1.26. The Kier molecular flexibility index (Phi) is 3.83. The molecule has 3 heteroatoms. The number of hydrogen-bond donors (Lipinski definition) is 2. The molecule has 114 valence electrons. The SMILES string of the molecule is Cc1ccc(C)c2c3c([nH]c12)SCCC3CNC(C)(C)C. The highest BCUT2D eigenvalue weighted by molar-refractivity contribution is 7.99. The highest BCUT2D eigenvalue weighted by Gasteiger charge is 2.27. The molecular formula is C18H26N2S. The summed E-state index contributed by atoms with van der Waals surface area (Å²) in [5.74, 6) is 1.84. The van der Waals surface area contributed by atoms with Gasteiger partial charge in [-0.15, -0.1) is 11.8 Å². The minimum absolute atomic E-state index is 0.182. The van der Waals surface area contributed by atoms with Crippen molar-refractivity contribution in [2.24, 2.45) is 0 Å². The molecule has 1 atom stereocenters. The van der Waals surface area contributed by atoms with Crippen LogP contribution >= 0.6 is 11.8 Å². The molecule has 0 saturated carbocycles. The number of aromatic amines is 1. The normalized spacial score (nSPS) is 19.0. The van der Waals surface area contributed by atoms with Gasteiger partial charge in [-0.3, -0.25) is 0 Å². The Bertz CT molecular complexity index is 664. The summed E-state index contributed by atoms with van der Waals surface area (Å²) in [5.41, 5.74) is 5.83. The lowest BCUT2D eigenvalue weighted by Crippen LogP contribution is -2.39. The third-order valence-corrected chi connectivity index (χ3v) is 5.42. The van der Waals surface area contributed by atoms with Crippen LogP contribution in [0.2, 0.25) is 0 Å². The van der Waals surface area contributed by atoms with E-state index in [0.29, 0.717) is 5.92 Å². The monoisotopic (exact) mass is 302 g/mol. The molecule has 3 rings (SSSR count). The third kappa shape index (κ3) is 2.86. The quantitative estimate of drug-likeness (QED) is 0.837. The van der Waals surface area contributed by atoms with Gasteiger partial charge >= 0.3 is 0 Å². The van der Waals surface area contributed by atoms with Crippen molar-refractivity contribution in [2.75, 3.05) is 12.3 Å². The van der Waals surface area contributed by atoms with Gasteiger partial charge in [0.1, 0.15) is 0 Å². The summed E-state index contributed by atoms with van der Waals surface area (Å²) in [6, 6.07) is 4.49. The Balaban J connectivity index is 2.06. The molecule has 0 amide bonds. The smallest absolute Gasteiger partial charge is 0.0768 e. The van der Waals surface area contributed by atoms with E-state index in [2.05, 4.69) is 57.1 Å². The van der Waals surface area contributed by atoms with Gasteiger partial charge < -0.3 is 10.3 Å². The minimum Gasteiger partial charge on any atom is -0.349 e. The van der Waals surface area contributed by atoms with Crippen LogP contribution in [0.25, 0.3) is 10.9 Å². The van der Waals surface area contributed by atoms with Crippen LogP contribution in [0.4, 0.5) is 0 Å². The maximum Gasteiger partial charge on any atom is 0.0768 e. The molecule has 1 aromatic carbocycles. The van der Waals surface area contributed by atoms with Gasteiger partial charge in [0, 0.05) is 34.7 Å². The summed E-state index contributed by atoms with van der Waals surface area (Å²) in [4.78, 5) is 3.69. The van der Waals surface area contributed by atoms with E-state index in [9.17, 15) is 0 Å². The van der Waals surface area contributed by atoms with Gasteiger partial charge in [0.05, 0.1) is 5.03 Å². The molecule has 2 aromatic rings. The molecule has 0 aliphatic carbocycles. The van der Waals surface area contributed by atoms with E-state index in [0.717, 1.165) is 6.54 Å². The topological polar surface area (TPSA) is 27.8 Å². The number of nitrogens with one attached hydrogen (secondary N) is 2. The van der Waals surface area contributed by atoms with Crippen molar-refractivity contribution in [3.05, 3.63) is 28.8 Å². The van der Waals surface area contributed by atoms with E-state index < -0.39 is 0 Å². The minimum atomic E-state index is 0.182. The average Bonchev–Trinajstić information content (AvgIpc) is 2.81. The van der Waals surface area contributed by atoms with Gasteiger partial charge in [0.25, 0.3) is 0 Å². The van der Waals surface area contributed by atoms with Crippen LogP contribution in [0.15, 0.2) is 17.2 Å². The number of aryl methyl sites for hydroxylation is 2. The van der Waals surface area contributed by atoms with Gasteiger partial charge in [-0.25, -0.2) is 0 Å². The van der Waals surface area contributed by atoms with E-state index in [4.69, 9.17) is 0 Å². The lowest BCUT2D eigenvalue weighted by atomic mass is 9.92. The van der Waals surface area contributed by atoms with Gasteiger partial charge in [0.15, 0.2) is 0 Å². The highest BCUT2D eigenvalue weighted by atomic mass is 32.2. The second-order valence-corrected chi connectivity index (χ2v) is 8.39. The van der Waals surface area contributed by atoms with Crippen molar-refractivity contribution in [3.63, 3.8) is 0 Å². The number of fused-ring (bicyclic) bond motifs is 3. The summed E-state index contributed by atoms with van der Waals surface area (Å²) in [6.45, 7) is 12.2. The zero-order chi connectivity index (χ0) is 15.2. The first kappa shape index (κ1) is 15.0. The molecule has 0 saturated heterocycles. The summed E-state index contributed by atoms with van der Waals surface area (Å²) in [7, 11) is 0. The van der Waals surface area contributed by atoms with Crippen molar-refractivity contribution in [1.29, 1.82) is 0 Å². The van der Waals surface area contributed by atoms with Crippen LogP contribution < -0.4 is 5.32 Å². The maximum atomic E-state index is 3.70. The Morgan fingerprint density at radius 2 is 1.95 bits per heavy atom. The Morgan fingerprint density at radius 3 is 2.67 bits per heavy atom. The molecule has 2 N–H and O–H groups in total. The molecule has 1 unspecified atom stereocenters. The average molecular weight is 302 g/mol. The number of aromatic nitrogens is 1. The third-order valence-electron chi connectivity index (χ3n) is 4.37. The first-order valence-corrected chi connectivity index (χ1v) is 8.85. The van der Waals surface area contributed by atoms with E-state index in [-0.39, 0.29) is 5.54 Å². The van der Waals surface area contributed by atoms with E-state index in [1.807, 2.05) is 11.8 Å². The van der Waals surface area contributed by atoms with Crippen molar-refractivity contribution < 1.29 is 0 Å². The van der Waals surface area contributed by atoms with Gasteiger partial charge in [0.2, 0.25) is 0 Å². The van der Waals surface area contributed by atoms with Crippen LogP contribution in [-0.4, -0.2) is 22.8 Å². The highest BCUT2D eigenvalue weighted by Crippen LogP contribution is 2.43. The number of benzene rings is 1. The van der Waals surface area contributed by atoms with Crippen LogP contribution in [0.5, 0.6) is 0 Å².